The third kappa shape index (κ3) is 4.58. The number of aliphatic carboxylic acids is 1. The van der Waals surface area contributed by atoms with E-state index in [0.29, 0.717) is 13.2 Å². The molecule has 7 heteroatoms. The Morgan fingerprint density at radius 1 is 1.53 bits per heavy atom. The lowest BCUT2D eigenvalue weighted by Gasteiger charge is -2.22. The van der Waals surface area contributed by atoms with Crippen molar-refractivity contribution in [3.63, 3.8) is 0 Å². The molecular weight excluding hydrogens is 228 g/mol. The number of carbonyl (C=O) groups excluding carboxylic acids is 1. The fraction of sp³-hybridized carbons (Fsp3) is 0.800. The number of nitrogens with one attached hydrogen (secondary N) is 1. The van der Waals surface area contributed by atoms with Crippen LogP contribution in [0, 0.1) is 0 Å². The van der Waals surface area contributed by atoms with Crippen LogP contribution in [0.1, 0.15) is 12.8 Å². The van der Waals surface area contributed by atoms with Crippen LogP contribution in [-0.4, -0.2) is 66.1 Å². The van der Waals surface area contributed by atoms with Crippen molar-refractivity contribution in [2.45, 2.75) is 25.0 Å². The van der Waals surface area contributed by atoms with E-state index in [1.165, 1.54) is 0 Å². The van der Waals surface area contributed by atoms with Crippen LogP contribution >= 0.6 is 0 Å². The largest absolute Gasteiger partial charge is 0.479 e. The zero-order valence-electron chi connectivity index (χ0n) is 9.76. The first kappa shape index (κ1) is 13.7. The molecule has 2 amide bonds. The minimum absolute atomic E-state index is 0.215. The first-order valence-corrected chi connectivity index (χ1v) is 5.50. The molecule has 1 fully saturated rings. The second-order valence-corrected chi connectivity index (χ2v) is 3.96. The summed E-state index contributed by atoms with van der Waals surface area (Å²) in [5.41, 5.74) is 0. The van der Waals surface area contributed by atoms with Crippen molar-refractivity contribution in [1.29, 1.82) is 0 Å². The lowest BCUT2D eigenvalue weighted by molar-refractivity contribution is -0.146. The van der Waals surface area contributed by atoms with Crippen LogP contribution in [0.25, 0.3) is 0 Å². The molecule has 1 unspecified atom stereocenters. The van der Waals surface area contributed by atoms with Crippen molar-refractivity contribution < 1.29 is 24.5 Å². The zero-order valence-corrected chi connectivity index (χ0v) is 9.76. The van der Waals surface area contributed by atoms with Gasteiger partial charge in [-0.1, -0.05) is 0 Å². The van der Waals surface area contributed by atoms with Gasteiger partial charge in [0.05, 0.1) is 13.2 Å². The van der Waals surface area contributed by atoms with E-state index >= 15 is 0 Å². The molecule has 98 valence electrons. The van der Waals surface area contributed by atoms with E-state index in [1.807, 2.05) is 0 Å². The number of methoxy groups -OCH3 is 1. The normalized spacial score (nSPS) is 16.4. The van der Waals surface area contributed by atoms with E-state index in [0.717, 1.165) is 12.8 Å². The molecule has 0 spiro atoms. The second-order valence-electron chi connectivity index (χ2n) is 3.96. The summed E-state index contributed by atoms with van der Waals surface area (Å²) in [5.74, 6) is -1.35. The van der Waals surface area contributed by atoms with E-state index in [2.05, 4.69) is 5.32 Å². The number of aliphatic hydroxyl groups excluding tert-OH is 1. The summed E-state index contributed by atoms with van der Waals surface area (Å²) in [4.78, 5) is 23.7. The first-order chi connectivity index (χ1) is 8.06. The number of carboxylic acid groups (broad SMARTS) is 1. The van der Waals surface area contributed by atoms with E-state index in [4.69, 9.17) is 14.9 Å². The van der Waals surface area contributed by atoms with Crippen molar-refractivity contribution in [3.05, 3.63) is 0 Å². The van der Waals surface area contributed by atoms with Gasteiger partial charge in [-0.25, -0.2) is 9.59 Å². The van der Waals surface area contributed by atoms with Crippen molar-refractivity contribution >= 4 is 12.0 Å². The number of carboxylic acids is 1. The van der Waals surface area contributed by atoms with Crippen molar-refractivity contribution in [2.24, 2.45) is 0 Å². The smallest absolute Gasteiger partial charge is 0.334 e. The SMILES string of the molecule is COCCN(C(=O)NCC(O)C(=O)O)C1CC1. The number of aliphatic hydroxyl groups is 1. The Labute approximate surface area is 99.4 Å². The third-order valence-corrected chi connectivity index (χ3v) is 2.52. The highest BCUT2D eigenvalue weighted by atomic mass is 16.5. The average molecular weight is 246 g/mol. The van der Waals surface area contributed by atoms with E-state index in [1.54, 1.807) is 12.0 Å². The van der Waals surface area contributed by atoms with Crippen LogP contribution in [0.2, 0.25) is 0 Å². The highest BCUT2D eigenvalue weighted by Crippen LogP contribution is 2.26. The summed E-state index contributed by atoms with van der Waals surface area (Å²) in [7, 11) is 1.55. The van der Waals surface area contributed by atoms with Crippen molar-refractivity contribution in [1.82, 2.24) is 10.2 Å². The number of urea groups is 1. The van der Waals surface area contributed by atoms with E-state index in [-0.39, 0.29) is 18.6 Å². The molecule has 1 aliphatic rings. The first-order valence-electron chi connectivity index (χ1n) is 5.50. The monoisotopic (exact) mass is 246 g/mol. The van der Waals surface area contributed by atoms with Gasteiger partial charge >= 0.3 is 12.0 Å². The topological polar surface area (TPSA) is 99.1 Å². The molecule has 1 rings (SSSR count). The van der Waals surface area contributed by atoms with Crippen LogP contribution in [0.4, 0.5) is 4.79 Å². The predicted octanol–water partition coefficient (Wildman–Crippen LogP) is -0.748. The molecule has 0 aromatic heterocycles. The molecule has 1 atom stereocenters. The standard InChI is InChI=1S/C10H18N2O5/c1-17-5-4-12(7-2-3-7)10(16)11-6-8(13)9(14)15/h7-8,13H,2-6H2,1H3,(H,11,16)(H,14,15). The molecule has 1 aliphatic carbocycles. The predicted molar refractivity (Wildman–Crippen MR) is 58.6 cm³/mol. The van der Waals surface area contributed by atoms with Gasteiger partial charge < -0.3 is 25.2 Å². The van der Waals surface area contributed by atoms with Gasteiger partial charge in [0.25, 0.3) is 0 Å². The number of rotatable bonds is 7. The summed E-state index contributed by atoms with van der Waals surface area (Å²) < 4.78 is 4.90. The van der Waals surface area contributed by atoms with Crippen LogP contribution in [-0.2, 0) is 9.53 Å². The Hall–Kier alpha value is -1.34. The number of nitrogens with zero attached hydrogens (tertiary/aromatic N) is 1. The lowest BCUT2D eigenvalue weighted by atomic mass is 10.3. The van der Waals surface area contributed by atoms with E-state index in [9.17, 15) is 9.59 Å². The highest BCUT2D eigenvalue weighted by molar-refractivity contribution is 5.77. The summed E-state index contributed by atoms with van der Waals surface area (Å²) in [6, 6.07) is -0.142. The van der Waals surface area contributed by atoms with Crippen LogP contribution in [0.15, 0.2) is 0 Å². The van der Waals surface area contributed by atoms with Gasteiger partial charge in [0.15, 0.2) is 6.10 Å². The maximum Gasteiger partial charge on any atom is 0.334 e. The third-order valence-electron chi connectivity index (χ3n) is 2.52. The van der Waals surface area contributed by atoms with Crippen LogP contribution < -0.4 is 5.32 Å². The molecule has 0 heterocycles. The average Bonchev–Trinajstić information content (AvgIpc) is 3.10. The molecule has 3 N–H and O–H groups in total. The van der Waals surface area contributed by atoms with Gasteiger partial charge in [-0.15, -0.1) is 0 Å². The molecule has 7 nitrogen and oxygen atoms in total. The molecule has 1 saturated carbocycles. The molecule has 0 aromatic carbocycles. The molecule has 17 heavy (non-hydrogen) atoms. The summed E-state index contributed by atoms with van der Waals surface area (Å²) in [5, 5.41) is 19.9. The Bertz CT molecular complexity index is 280. The molecule has 0 bridgehead atoms. The van der Waals surface area contributed by atoms with Crippen LogP contribution in [0.5, 0.6) is 0 Å². The van der Waals surface area contributed by atoms with Crippen molar-refractivity contribution in [3.8, 4) is 0 Å². The number of ether oxygens (including phenoxy) is 1. The Morgan fingerprint density at radius 2 is 2.18 bits per heavy atom. The van der Waals surface area contributed by atoms with Gasteiger partial charge in [-0.05, 0) is 12.8 Å². The minimum atomic E-state index is -1.57. The number of carbonyl (C=O) groups is 2. The highest BCUT2D eigenvalue weighted by Gasteiger charge is 2.32. The van der Waals surface area contributed by atoms with Gasteiger partial charge in [0, 0.05) is 19.7 Å². The molecule has 0 radical (unpaired) electrons. The fourth-order valence-corrected chi connectivity index (χ4v) is 1.40. The van der Waals surface area contributed by atoms with E-state index < -0.39 is 12.1 Å². The fourth-order valence-electron chi connectivity index (χ4n) is 1.40. The summed E-state index contributed by atoms with van der Waals surface area (Å²) in [6.45, 7) is 0.617. The zero-order chi connectivity index (χ0) is 12.8. The van der Waals surface area contributed by atoms with Gasteiger partial charge in [0.2, 0.25) is 0 Å². The van der Waals surface area contributed by atoms with Gasteiger partial charge in [0.1, 0.15) is 0 Å². The van der Waals surface area contributed by atoms with Crippen molar-refractivity contribution in [2.75, 3.05) is 26.8 Å². The molecular formula is C10H18N2O5. The Balaban J connectivity index is 2.34. The second kappa shape index (κ2) is 6.41. The minimum Gasteiger partial charge on any atom is -0.479 e. The van der Waals surface area contributed by atoms with Gasteiger partial charge in [-0.3, -0.25) is 0 Å². The number of amides is 2. The van der Waals surface area contributed by atoms with Gasteiger partial charge in [-0.2, -0.15) is 0 Å². The molecule has 0 saturated heterocycles. The number of hydrogen-bond acceptors (Lipinski definition) is 4. The Morgan fingerprint density at radius 3 is 2.65 bits per heavy atom. The summed E-state index contributed by atoms with van der Waals surface area (Å²) in [6.07, 6.45) is 0.347. The number of hydrogen-bond donors (Lipinski definition) is 3. The quantitative estimate of drug-likeness (QED) is 0.549. The molecule has 0 aromatic rings. The maximum atomic E-state index is 11.7. The Kier molecular flexibility index (Phi) is 5.17. The van der Waals surface area contributed by atoms with Crippen LogP contribution in [0.3, 0.4) is 0 Å². The maximum absolute atomic E-state index is 11.7. The summed E-state index contributed by atoms with van der Waals surface area (Å²) >= 11 is 0. The lowest BCUT2D eigenvalue weighted by Crippen LogP contribution is -2.46. The molecule has 0 aliphatic heterocycles.